The van der Waals surface area contributed by atoms with Gasteiger partial charge in [0.1, 0.15) is 0 Å². The first-order valence-corrected chi connectivity index (χ1v) is 9.52. The van der Waals surface area contributed by atoms with Crippen molar-refractivity contribution in [2.75, 3.05) is 26.3 Å². The molecule has 3 atom stereocenters. The summed E-state index contributed by atoms with van der Waals surface area (Å²) in [5, 5.41) is 9.74. The van der Waals surface area contributed by atoms with Crippen molar-refractivity contribution in [1.82, 2.24) is 4.90 Å². The number of amides is 1. The standard InChI is InChI=1S/C21H29NO4/c1-14(2)16-4-6-17(7-5-16)15(3)10-19(23)22-11-18-12-26-9-8-21(18,13-22)20(24)25/h4-7,14-15,18H,8-13H2,1-3H3,(H,24,25)/t15?,18-,21+/m0/s1. The summed E-state index contributed by atoms with van der Waals surface area (Å²) in [6.45, 7) is 8.08. The van der Waals surface area contributed by atoms with E-state index in [4.69, 9.17) is 4.74 Å². The summed E-state index contributed by atoms with van der Waals surface area (Å²) in [6, 6.07) is 8.46. The zero-order chi connectivity index (χ0) is 18.9. The van der Waals surface area contributed by atoms with Crippen molar-refractivity contribution in [3.63, 3.8) is 0 Å². The van der Waals surface area contributed by atoms with Crippen LogP contribution in [0.5, 0.6) is 0 Å². The summed E-state index contributed by atoms with van der Waals surface area (Å²) in [4.78, 5) is 26.4. The van der Waals surface area contributed by atoms with Gasteiger partial charge in [-0.25, -0.2) is 0 Å². The van der Waals surface area contributed by atoms with E-state index in [0.717, 1.165) is 5.56 Å². The van der Waals surface area contributed by atoms with Crippen molar-refractivity contribution >= 4 is 11.9 Å². The molecule has 1 amide bonds. The molecule has 1 unspecified atom stereocenters. The Labute approximate surface area is 155 Å². The Balaban J connectivity index is 1.65. The predicted octanol–water partition coefficient (Wildman–Crippen LogP) is 3.25. The van der Waals surface area contributed by atoms with E-state index in [0.29, 0.717) is 45.1 Å². The third-order valence-electron chi connectivity index (χ3n) is 6.14. The number of carboxylic acids is 1. The maximum atomic E-state index is 12.8. The highest BCUT2D eigenvalue weighted by molar-refractivity contribution is 5.81. The molecule has 2 fully saturated rings. The minimum atomic E-state index is -0.823. The van der Waals surface area contributed by atoms with Crippen LogP contribution in [0.15, 0.2) is 24.3 Å². The molecule has 0 saturated carbocycles. The molecule has 2 aliphatic rings. The normalized spacial score (nSPS) is 26.6. The third kappa shape index (κ3) is 3.50. The molecule has 5 heteroatoms. The summed E-state index contributed by atoms with van der Waals surface area (Å²) < 4.78 is 5.47. The molecule has 1 aromatic rings. The van der Waals surface area contributed by atoms with E-state index in [1.807, 2.05) is 0 Å². The van der Waals surface area contributed by atoms with Gasteiger partial charge in [0.15, 0.2) is 0 Å². The van der Waals surface area contributed by atoms with E-state index in [1.54, 1.807) is 4.90 Å². The van der Waals surface area contributed by atoms with Crippen LogP contribution in [0.4, 0.5) is 0 Å². The quantitative estimate of drug-likeness (QED) is 0.876. The van der Waals surface area contributed by atoms with Gasteiger partial charge < -0.3 is 14.7 Å². The van der Waals surface area contributed by atoms with E-state index in [2.05, 4.69) is 45.0 Å². The van der Waals surface area contributed by atoms with Gasteiger partial charge in [0.2, 0.25) is 5.91 Å². The van der Waals surface area contributed by atoms with Crippen molar-refractivity contribution in [3.05, 3.63) is 35.4 Å². The van der Waals surface area contributed by atoms with Crippen LogP contribution in [0.3, 0.4) is 0 Å². The number of fused-ring (bicyclic) bond motifs is 1. The van der Waals surface area contributed by atoms with E-state index >= 15 is 0 Å². The summed E-state index contributed by atoms with van der Waals surface area (Å²) in [6.07, 6.45) is 0.896. The number of ether oxygens (including phenoxy) is 1. The molecule has 5 nitrogen and oxygen atoms in total. The van der Waals surface area contributed by atoms with Gasteiger partial charge in [-0.05, 0) is 29.4 Å². The first-order valence-electron chi connectivity index (χ1n) is 9.52. The van der Waals surface area contributed by atoms with Crippen LogP contribution in [0.2, 0.25) is 0 Å². The van der Waals surface area contributed by atoms with Crippen molar-refractivity contribution in [2.24, 2.45) is 11.3 Å². The molecule has 3 rings (SSSR count). The maximum absolute atomic E-state index is 12.8. The molecule has 0 radical (unpaired) electrons. The molecule has 142 valence electrons. The number of likely N-dealkylation sites (tertiary alicyclic amines) is 1. The fourth-order valence-electron chi connectivity index (χ4n) is 4.21. The largest absolute Gasteiger partial charge is 0.481 e. The third-order valence-corrected chi connectivity index (χ3v) is 6.14. The number of carboxylic acid groups (broad SMARTS) is 1. The van der Waals surface area contributed by atoms with Gasteiger partial charge in [-0.1, -0.05) is 45.0 Å². The molecule has 0 aromatic heterocycles. The van der Waals surface area contributed by atoms with Gasteiger partial charge in [0, 0.05) is 32.0 Å². The topological polar surface area (TPSA) is 66.8 Å². The fraction of sp³-hybridized carbons (Fsp3) is 0.619. The molecule has 1 N–H and O–H groups in total. The zero-order valence-corrected chi connectivity index (χ0v) is 15.9. The van der Waals surface area contributed by atoms with E-state index in [1.165, 1.54) is 5.56 Å². The SMILES string of the molecule is CC(C)c1ccc(C(C)CC(=O)N2C[C@H]3COCC[C@@]3(C(=O)O)C2)cc1. The molecule has 2 aliphatic heterocycles. The summed E-state index contributed by atoms with van der Waals surface area (Å²) in [5.41, 5.74) is 1.62. The number of carbonyl (C=O) groups is 2. The molecule has 26 heavy (non-hydrogen) atoms. The van der Waals surface area contributed by atoms with Crippen LogP contribution in [0, 0.1) is 11.3 Å². The highest BCUT2D eigenvalue weighted by Crippen LogP contribution is 2.43. The number of benzene rings is 1. The average molecular weight is 359 g/mol. The number of aliphatic carboxylic acids is 1. The Morgan fingerprint density at radius 2 is 1.88 bits per heavy atom. The summed E-state index contributed by atoms with van der Waals surface area (Å²) in [7, 11) is 0. The summed E-state index contributed by atoms with van der Waals surface area (Å²) >= 11 is 0. The second-order valence-electron chi connectivity index (χ2n) is 8.18. The average Bonchev–Trinajstić information content (AvgIpc) is 3.03. The molecular formula is C21H29NO4. The number of hydrogen-bond acceptors (Lipinski definition) is 3. The Bertz CT molecular complexity index is 669. The second kappa shape index (κ2) is 7.39. The molecule has 2 heterocycles. The monoisotopic (exact) mass is 359 g/mol. The smallest absolute Gasteiger partial charge is 0.311 e. The van der Waals surface area contributed by atoms with E-state index < -0.39 is 11.4 Å². The first kappa shape index (κ1) is 18.9. The van der Waals surface area contributed by atoms with Crippen LogP contribution >= 0.6 is 0 Å². The highest BCUT2D eigenvalue weighted by atomic mass is 16.5. The predicted molar refractivity (Wildman–Crippen MR) is 99.1 cm³/mol. The zero-order valence-electron chi connectivity index (χ0n) is 15.9. The van der Waals surface area contributed by atoms with Crippen molar-refractivity contribution in [2.45, 2.75) is 45.4 Å². The van der Waals surface area contributed by atoms with Crippen molar-refractivity contribution in [1.29, 1.82) is 0 Å². The lowest BCUT2D eigenvalue weighted by Gasteiger charge is -2.33. The molecule has 2 saturated heterocycles. The van der Waals surface area contributed by atoms with Crippen LogP contribution < -0.4 is 0 Å². The van der Waals surface area contributed by atoms with Gasteiger partial charge in [-0.2, -0.15) is 0 Å². The first-order chi connectivity index (χ1) is 12.3. The van der Waals surface area contributed by atoms with Gasteiger partial charge in [-0.15, -0.1) is 0 Å². The van der Waals surface area contributed by atoms with E-state index in [9.17, 15) is 14.7 Å². The lowest BCUT2D eigenvalue weighted by molar-refractivity contribution is -0.157. The molecular weight excluding hydrogens is 330 g/mol. The van der Waals surface area contributed by atoms with Gasteiger partial charge >= 0.3 is 5.97 Å². The molecule has 0 spiro atoms. The fourth-order valence-corrected chi connectivity index (χ4v) is 4.21. The Hall–Kier alpha value is -1.88. The number of nitrogens with zero attached hydrogens (tertiary/aromatic N) is 1. The van der Waals surface area contributed by atoms with Crippen molar-refractivity contribution < 1.29 is 19.4 Å². The molecule has 1 aromatic carbocycles. The van der Waals surface area contributed by atoms with Crippen LogP contribution in [-0.4, -0.2) is 48.2 Å². The lowest BCUT2D eigenvalue weighted by atomic mass is 9.74. The lowest BCUT2D eigenvalue weighted by Crippen LogP contribution is -2.45. The minimum absolute atomic E-state index is 0.0421. The second-order valence-corrected chi connectivity index (χ2v) is 8.18. The number of rotatable bonds is 5. The molecule has 0 bridgehead atoms. The van der Waals surface area contributed by atoms with Gasteiger partial charge in [-0.3, -0.25) is 9.59 Å². The van der Waals surface area contributed by atoms with E-state index in [-0.39, 0.29) is 17.7 Å². The Morgan fingerprint density at radius 3 is 2.46 bits per heavy atom. The molecule has 0 aliphatic carbocycles. The van der Waals surface area contributed by atoms with Crippen LogP contribution in [0.1, 0.15) is 56.6 Å². The van der Waals surface area contributed by atoms with Gasteiger partial charge in [0.05, 0.1) is 12.0 Å². The maximum Gasteiger partial charge on any atom is 0.311 e. The minimum Gasteiger partial charge on any atom is -0.481 e. The van der Waals surface area contributed by atoms with Crippen LogP contribution in [0.25, 0.3) is 0 Å². The van der Waals surface area contributed by atoms with Crippen molar-refractivity contribution in [3.8, 4) is 0 Å². The Kier molecular flexibility index (Phi) is 5.37. The highest BCUT2D eigenvalue weighted by Gasteiger charge is 2.54. The van der Waals surface area contributed by atoms with Crippen LogP contribution in [-0.2, 0) is 14.3 Å². The summed E-state index contributed by atoms with van der Waals surface area (Å²) in [5.74, 6) is -0.246. The number of hydrogen-bond donors (Lipinski definition) is 1. The Morgan fingerprint density at radius 1 is 1.23 bits per heavy atom. The number of carbonyl (C=O) groups excluding carboxylic acids is 1. The van der Waals surface area contributed by atoms with Gasteiger partial charge in [0.25, 0.3) is 0 Å².